The van der Waals surface area contributed by atoms with Crippen LogP contribution in [-0.4, -0.2) is 25.2 Å². The van der Waals surface area contributed by atoms with E-state index in [2.05, 4.69) is 5.32 Å². The molecular formula is C11H15NO3. The predicted molar refractivity (Wildman–Crippen MR) is 56.6 cm³/mol. The normalized spacial score (nSPS) is 12.4. The Morgan fingerprint density at radius 1 is 1.60 bits per heavy atom. The molecule has 0 spiro atoms. The van der Waals surface area contributed by atoms with Crippen molar-refractivity contribution < 1.29 is 14.6 Å². The number of nitrogens with one attached hydrogen (secondary N) is 1. The SMILES string of the molecule is CNC(C(=O)O)c1cccc(COC)c1. The largest absolute Gasteiger partial charge is 0.480 e. The Hall–Kier alpha value is -1.39. The first kappa shape index (κ1) is 11.7. The molecule has 2 N–H and O–H groups in total. The summed E-state index contributed by atoms with van der Waals surface area (Å²) in [5.74, 6) is -0.882. The molecule has 0 radical (unpaired) electrons. The number of methoxy groups -OCH3 is 1. The first-order valence-corrected chi connectivity index (χ1v) is 4.67. The van der Waals surface area contributed by atoms with Crippen LogP contribution in [0.25, 0.3) is 0 Å². The Kier molecular flexibility index (Phi) is 4.27. The number of benzene rings is 1. The summed E-state index contributed by atoms with van der Waals surface area (Å²) in [6.07, 6.45) is 0. The number of carbonyl (C=O) groups is 1. The van der Waals surface area contributed by atoms with Gasteiger partial charge in [0.1, 0.15) is 6.04 Å². The monoisotopic (exact) mass is 209 g/mol. The van der Waals surface area contributed by atoms with Crippen molar-refractivity contribution in [1.82, 2.24) is 5.32 Å². The predicted octanol–water partition coefficient (Wildman–Crippen LogP) is 1.18. The molecule has 0 amide bonds. The lowest BCUT2D eigenvalue weighted by atomic mass is 10.0. The molecule has 0 bridgehead atoms. The number of ether oxygens (including phenoxy) is 1. The van der Waals surface area contributed by atoms with Gasteiger partial charge in [-0.15, -0.1) is 0 Å². The molecule has 0 saturated heterocycles. The average molecular weight is 209 g/mol. The first-order valence-electron chi connectivity index (χ1n) is 4.67. The molecule has 0 saturated carbocycles. The van der Waals surface area contributed by atoms with E-state index in [1.807, 2.05) is 18.2 Å². The van der Waals surface area contributed by atoms with Gasteiger partial charge in [0, 0.05) is 7.11 Å². The lowest BCUT2D eigenvalue weighted by molar-refractivity contribution is -0.139. The number of rotatable bonds is 5. The lowest BCUT2D eigenvalue weighted by Crippen LogP contribution is -2.24. The van der Waals surface area contributed by atoms with E-state index < -0.39 is 12.0 Å². The van der Waals surface area contributed by atoms with E-state index in [1.54, 1.807) is 20.2 Å². The summed E-state index contributed by atoms with van der Waals surface area (Å²) >= 11 is 0. The highest BCUT2D eigenvalue weighted by Gasteiger charge is 2.17. The molecule has 0 aliphatic carbocycles. The van der Waals surface area contributed by atoms with Crippen LogP contribution in [0.3, 0.4) is 0 Å². The third kappa shape index (κ3) is 3.04. The number of likely N-dealkylation sites (N-methyl/N-ethyl adjacent to an activating group) is 1. The fourth-order valence-corrected chi connectivity index (χ4v) is 1.46. The zero-order valence-electron chi connectivity index (χ0n) is 8.86. The summed E-state index contributed by atoms with van der Waals surface area (Å²) in [7, 11) is 3.24. The minimum Gasteiger partial charge on any atom is -0.480 e. The van der Waals surface area contributed by atoms with Crippen LogP contribution in [0.1, 0.15) is 17.2 Å². The fourth-order valence-electron chi connectivity index (χ4n) is 1.46. The van der Waals surface area contributed by atoms with Gasteiger partial charge in [0.05, 0.1) is 6.61 Å². The van der Waals surface area contributed by atoms with Gasteiger partial charge in [0.25, 0.3) is 0 Å². The summed E-state index contributed by atoms with van der Waals surface area (Å²) in [6, 6.07) is 6.69. The molecule has 0 aliphatic heterocycles. The average Bonchev–Trinajstić information content (AvgIpc) is 2.19. The summed E-state index contributed by atoms with van der Waals surface area (Å²) in [4.78, 5) is 10.9. The molecule has 0 aliphatic rings. The maximum atomic E-state index is 10.9. The van der Waals surface area contributed by atoms with Gasteiger partial charge < -0.3 is 15.2 Å². The molecular weight excluding hydrogens is 194 g/mol. The van der Waals surface area contributed by atoms with Crippen molar-refractivity contribution in [2.24, 2.45) is 0 Å². The van der Waals surface area contributed by atoms with Crippen molar-refractivity contribution in [1.29, 1.82) is 0 Å². The standard InChI is InChI=1S/C11H15NO3/c1-12-10(11(13)14)9-5-3-4-8(6-9)7-15-2/h3-6,10,12H,7H2,1-2H3,(H,13,14). The number of hydrogen-bond donors (Lipinski definition) is 2. The zero-order chi connectivity index (χ0) is 11.3. The van der Waals surface area contributed by atoms with E-state index in [-0.39, 0.29) is 0 Å². The summed E-state index contributed by atoms with van der Waals surface area (Å²) < 4.78 is 4.99. The minimum absolute atomic E-state index is 0.490. The highest BCUT2D eigenvalue weighted by atomic mass is 16.5. The van der Waals surface area contributed by atoms with E-state index in [4.69, 9.17) is 9.84 Å². The topological polar surface area (TPSA) is 58.6 Å². The molecule has 0 aromatic heterocycles. The van der Waals surface area contributed by atoms with Gasteiger partial charge in [-0.25, -0.2) is 0 Å². The van der Waals surface area contributed by atoms with Crippen LogP contribution in [0.4, 0.5) is 0 Å². The van der Waals surface area contributed by atoms with Crippen LogP contribution in [0.2, 0.25) is 0 Å². The van der Waals surface area contributed by atoms with Gasteiger partial charge in [-0.05, 0) is 18.2 Å². The Morgan fingerprint density at radius 3 is 2.87 bits per heavy atom. The van der Waals surface area contributed by atoms with Crippen LogP contribution < -0.4 is 5.32 Å². The van der Waals surface area contributed by atoms with Crippen LogP contribution in [0, 0.1) is 0 Å². The number of carboxylic acids is 1. The summed E-state index contributed by atoms with van der Waals surface area (Å²) in [5, 5.41) is 11.7. The maximum Gasteiger partial charge on any atom is 0.325 e. The summed E-state index contributed by atoms with van der Waals surface area (Å²) in [5.41, 5.74) is 1.70. The van der Waals surface area contributed by atoms with Gasteiger partial charge in [0.2, 0.25) is 0 Å². The minimum atomic E-state index is -0.882. The molecule has 0 fully saturated rings. The van der Waals surface area contributed by atoms with Gasteiger partial charge in [-0.1, -0.05) is 24.3 Å². The van der Waals surface area contributed by atoms with E-state index in [0.29, 0.717) is 6.61 Å². The van der Waals surface area contributed by atoms with Gasteiger partial charge in [-0.3, -0.25) is 4.79 Å². The quantitative estimate of drug-likeness (QED) is 0.764. The van der Waals surface area contributed by atoms with Crippen molar-refractivity contribution in [3.8, 4) is 0 Å². The molecule has 1 rings (SSSR count). The van der Waals surface area contributed by atoms with Crippen LogP contribution in [0.15, 0.2) is 24.3 Å². The summed E-state index contributed by atoms with van der Waals surface area (Å²) in [6.45, 7) is 0.490. The Balaban J connectivity index is 2.92. The van der Waals surface area contributed by atoms with E-state index in [9.17, 15) is 4.79 Å². The number of aliphatic carboxylic acids is 1. The first-order chi connectivity index (χ1) is 7.19. The molecule has 1 aromatic carbocycles. The van der Waals surface area contributed by atoms with Crippen molar-refractivity contribution in [3.05, 3.63) is 35.4 Å². The molecule has 4 nitrogen and oxygen atoms in total. The second kappa shape index (κ2) is 5.48. The van der Waals surface area contributed by atoms with Gasteiger partial charge in [0.15, 0.2) is 0 Å². The second-order valence-corrected chi connectivity index (χ2v) is 3.24. The van der Waals surface area contributed by atoms with Gasteiger partial charge in [-0.2, -0.15) is 0 Å². The molecule has 15 heavy (non-hydrogen) atoms. The molecule has 1 aromatic rings. The van der Waals surface area contributed by atoms with Crippen molar-refractivity contribution in [2.45, 2.75) is 12.6 Å². The fraction of sp³-hybridized carbons (Fsp3) is 0.364. The maximum absolute atomic E-state index is 10.9. The van der Waals surface area contributed by atoms with Crippen LogP contribution >= 0.6 is 0 Å². The van der Waals surface area contributed by atoms with Crippen LogP contribution in [0.5, 0.6) is 0 Å². The Bertz CT molecular complexity index is 338. The van der Waals surface area contributed by atoms with Gasteiger partial charge >= 0.3 is 5.97 Å². The van der Waals surface area contributed by atoms with Crippen molar-refractivity contribution in [3.63, 3.8) is 0 Å². The molecule has 4 heteroatoms. The molecule has 82 valence electrons. The smallest absolute Gasteiger partial charge is 0.325 e. The number of hydrogen-bond acceptors (Lipinski definition) is 3. The van der Waals surface area contributed by atoms with Crippen molar-refractivity contribution >= 4 is 5.97 Å². The van der Waals surface area contributed by atoms with E-state index in [0.717, 1.165) is 11.1 Å². The third-order valence-corrected chi connectivity index (χ3v) is 2.13. The Labute approximate surface area is 88.9 Å². The molecule has 1 atom stereocenters. The highest BCUT2D eigenvalue weighted by molar-refractivity contribution is 5.75. The van der Waals surface area contributed by atoms with E-state index >= 15 is 0 Å². The number of carboxylic acid groups (broad SMARTS) is 1. The van der Waals surface area contributed by atoms with E-state index in [1.165, 1.54) is 0 Å². The highest BCUT2D eigenvalue weighted by Crippen LogP contribution is 2.15. The van der Waals surface area contributed by atoms with Crippen molar-refractivity contribution in [2.75, 3.05) is 14.2 Å². The molecule has 0 heterocycles. The zero-order valence-corrected chi connectivity index (χ0v) is 8.86. The van der Waals surface area contributed by atoms with Crippen LogP contribution in [-0.2, 0) is 16.1 Å². The molecule has 1 unspecified atom stereocenters. The third-order valence-electron chi connectivity index (χ3n) is 2.13. The lowest BCUT2D eigenvalue weighted by Gasteiger charge is -2.12. The second-order valence-electron chi connectivity index (χ2n) is 3.24. The Morgan fingerprint density at radius 2 is 2.33 bits per heavy atom.